The molecule has 0 fully saturated rings. The molecule has 18 heavy (non-hydrogen) atoms. The van der Waals surface area contributed by atoms with Crippen molar-refractivity contribution in [2.45, 2.75) is 0 Å². The van der Waals surface area contributed by atoms with Crippen molar-refractivity contribution in [3.8, 4) is 5.75 Å². The van der Waals surface area contributed by atoms with Crippen molar-refractivity contribution in [2.24, 2.45) is 12.8 Å². The molecular formula is C12H14N4OS. The first kappa shape index (κ1) is 12.4. The van der Waals surface area contributed by atoms with Crippen molar-refractivity contribution < 1.29 is 4.74 Å². The Hall–Kier alpha value is -2.08. The van der Waals surface area contributed by atoms with Crippen LogP contribution in [0.4, 0.5) is 11.5 Å². The molecule has 5 nitrogen and oxygen atoms in total. The van der Waals surface area contributed by atoms with E-state index in [2.05, 4.69) is 10.4 Å². The van der Waals surface area contributed by atoms with Gasteiger partial charge in [-0.05, 0) is 12.1 Å². The summed E-state index contributed by atoms with van der Waals surface area (Å²) in [5, 5.41) is 7.41. The molecule has 0 unspecified atom stereocenters. The minimum absolute atomic E-state index is 0.330. The molecule has 94 valence electrons. The van der Waals surface area contributed by atoms with E-state index in [-0.39, 0.29) is 0 Å². The predicted molar refractivity (Wildman–Crippen MR) is 75.4 cm³/mol. The second-order valence-corrected chi connectivity index (χ2v) is 4.22. The summed E-state index contributed by atoms with van der Waals surface area (Å²) in [6, 6.07) is 7.34. The second-order valence-electron chi connectivity index (χ2n) is 3.78. The van der Waals surface area contributed by atoms with E-state index in [1.165, 1.54) is 0 Å². The van der Waals surface area contributed by atoms with Crippen LogP contribution in [0.2, 0.25) is 0 Å². The third kappa shape index (κ3) is 2.60. The Morgan fingerprint density at radius 2 is 2.22 bits per heavy atom. The number of ether oxygens (including phenoxy) is 1. The number of nitrogens with one attached hydrogen (secondary N) is 1. The number of rotatable bonds is 4. The molecule has 1 aromatic heterocycles. The van der Waals surface area contributed by atoms with Gasteiger partial charge in [-0.2, -0.15) is 5.10 Å². The molecule has 0 amide bonds. The van der Waals surface area contributed by atoms with Crippen LogP contribution >= 0.6 is 12.2 Å². The smallest absolute Gasteiger partial charge is 0.152 e. The van der Waals surface area contributed by atoms with Crippen molar-refractivity contribution >= 4 is 28.7 Å². The fraction of sp³-hybridized carbons (Fsp3) is 0.167. The Balaban J connectivity index is 2.37. The third-order valence-electron chi connectivity index (χ3n) is 2.47. The lowest BCUT2D eigenvalue weighted by Gasteiger charge is -2.11. The highest BCUT2D eigenvalue weighted by molar-refractivity contribution is 7.80. The lowest BCUT2D eigenvalue weighted by atomic mass is 10.1. The van der Waals surface area contributed by atoms with Gasteiger partial charge in [-0.1, -0.05) is 12.2 Å². The van der Waals surface area contributed by atoms with Gasteiger partial charge in [0.1, 0.15) is 10.7 Å². The van der Waals surface area contributed by atoms with Crippen LogP contribution in [-0.4, -0.2) is 21.9 Å². The summed E-state index contributed by atoms with van der Waals surface area (Å²) in [5.74, 6) is 1.46. The molecule has 2 rings (SSSR count). The van der Waals surface area contributed by atoms with E-state index >= 15 is 0 Å². The van der Waals surface area contributed by atoms with Crippen LogP contribution < -0.4 is 15.8 Å². The van der Waals surface area contributed by atoms with Crippen molar-refractivity contribution in [1.29, 1.82) is 0 Å². The number of hydrogen-bond acceptors (Lipinski definition) is 4. The van der Waals surface area contributed by atoms with E-state index in [0.717, 1.165) is 22.8 Å². The molecule has 0 aliphatic carbocycles. The maximum absolute atomic E-state index is 5.69. The number of aryl methyl sites for hydroxylation is 1. The fourth-order valence-electron chi connectivity index (χ4n) is 1.59. The van der Waals surface area contributed by atoms with E-state index in [1.807, 2.05) is 37.5 Å². The molecule has 0 saturated heterocycles. The topological polar surface area (TPSA) is 65.1 Å². The lowest BCUT2D eigenvalue weighted by Crippen LogP contribution is -2.12. The largest absolute Gasteiger partial charge is 0.497 e. The first-order chi connectivity index (χ1) is 8.60. The highest BCUT2D eigenvalue weighted by Crippen LogP contribution is 2.25. The second kappa shape index (κ2) is 5.05. The van der Waals surface area contributed by atoms with Crippen molar-refractivity contribution in [3.05, 3.63) is 36.0 Å². The molecule has 6 heteroatoms. The van der Waals surface area contributed by atoms with Crippen LogP contribution in [0.25, 0.3) is 0 Å². The summed E-state index contributed by atoms with van der Waals surface area (Å²) in [5.41, 5.74) is 7.23. The standard InChI is InChI=1S/C12H14N4OS/c1-16-6-5-11(15-16)14-10-7-8(17-2)3-4-9(10)12(13)18/h3-7H,1-2H3,(H2,13,18)(H,14,15). The molecule has 2 aromatic rings. The number of aromatic nitrogens is 2. The molecule has 0 atom stereocenters. The molecule has 0 aliphatic rings. The van der Waals surface area contributed by atoms with Gasteiger partial charge in [0.15, 0.2) is 5.82 Å². The first-order valence-corrected chi connectivity index (χ1v) is 5.75. The van der Waals surface area contributed by atoms with Crippen LogP contribution in [0.5, 0.6) is 5.75 Å². The molecule has 0 saturated carbocycles. The van der Waals surface area contributed by atoms with Crippen LogP contribution in [0.3, 0.4) is 0 Å². The number of methoxy groups -OCH3 is 1. The summed E-state index contributed by atoms with van der Waals surface area (Å²) in [4.78, 5) is 0.330. The van der Waals surface area contributed by atoms with Crippen LogP contribution in [0.1, 0.15) is 5.56 Å². The quantitative estimate of drug-likeness (QED) is 0.823. The average molecular weight is 262 g/mol. The summed E-state index contributed by atoms with van der Waals surface area (Å²) in [6.07, 6.45) is 1.85. The van der Waals surface area contributed by atoms with Crippen LogP contribution in [-0.2, 0) is 7.05 Å². The van der Waals surface area contributed by atoms with E-state index in [9.17, 15) is 0 Å². The normalized spacial score (nSPS) is 10.1. The lowest BCUT2D eigenvalue weighted by molar-refractivity contribution is 0.415. The zero-order valence-electron chi connectivity index (χ0n) is 10.2. The monoisotopic (exact) mass is 262 g/mol. The maximum Gasteiger partial charge on any atom is 0.152 e. The summed E-state index contributed by atoms with van der Waals surface area (Å²) in [7, 11) is 3.46. The summed E-state index contributed by atoms with van der Waals surface area (Å²) >= 11 is 5.02. The Morgan fingerprint density at radius 1 is 1.44 bits per heavy atom. The first-order valence-electron chi connectivity index (χ1n) is 5.34. The van der Waals surface area contributed by atoms with Crippen LogP contribution in [0.15, 0.2) is 30.5 Å². The highest BCUT2D eigenvalue weighted by Gasteiger charge is 2.08. The molecule has 3 N–H and O–H groups in total. The molecule has 0 bridgehead atoms. The Kier molecular flexibility index (Phi) is 3.47. The van der Waals surface area contributed by atoms with E-state index in [1.54, 1.807) is 11.8 Å². The van der Waals surface area contributed by atoms with Gasteiger partial charge >= 0.3 is 0 Å². The van der Waals surface area contributed by atoms with Gasteiger partial charge in [0.2, 0.25) is 0 Å². The third-order valence-corrected chi connectivity index (χ3v) is 2.69. The fourth-order valence-corrected chi connectivity index (χ4v) is 1.77. The minimum Gasteiger partial charge on any atom is -0.497 e. The molecule has 0 radical (unpaired) electrons. The van der Waals surface area contributed by atoms with E-state index in [0.29, 0.717) is 4.99 Å². The molecule has 0 aliphatic heterocycles. The number of nitrogens with two attached hydrogens (primary N) is 1. The van der Waals surface area contributed by atoms with Gasteiger partial charge in [0.25, 0.3) is 0 Å². The average Bonchev–Trinajstić information content (AvgIpc) is 2.74. The minimum atomic E-state index is 0.330. The zero-order valence-corrected chi connectivity index (χ0v) is 11.0. The summed E-state index contributed by atoms with van der Waals surface area (Å²) < 4.78 is 6.89. The predicted octanol–water partition coefficient (Wildman–Crippen LogP) is 1.81. The van der Waals surface area contributed by atoms with Gasteiger partial charge in [0.05, 0.1) is 12.8 Å². The number of nitrogens with zero attached hydrogens (tertiary/aromatic N) is 2. The van der Waals surface area contributed by atoms with E-state index < -0.39 is 0 Å². The van der Waals surface area contributed by atoms with Gasteiger partial charge in [-0.15, -0.1) is 0 Å². The van der Waals surface area contributed by atoms with Crippen molar-refractivity contribution in [3.63, 3.8) is 0 Å². The Morgan fingerprint density at radius 3 is 2.78 bits per heavy atom. The number of anilines is 2. The molecule has 1 aromatic carbocycles. The molecule has 0 spiro atoms. The number of benzene rings is 1. The number of thiocarbonyl (C=S) groups is 1. The van der Waals surface area contributed by atoms with Gasteiger partial charge in [0, 0.05) is 30.9 Å². The van der Waals surface area contributed by atoms with E-state index in [4.69, 9.17) is 22.7 Å². The van der Waals surface area contributed by atoms with Crippen LogP contribution in [0, 0.1) is 0 Å². The van der Waals surface area contributed by atoms with Crippen molar-refractivity contribution in [1.82, 2.24) is 9.78 Å². The van der Waals surface area contributed by atoms with Crippen molar-refractivity contribution in [2.75, 3.05) is 12.4 Å². The maximum atomic E-state index is 5.69. The summed E-state index contributed by atoms with van der Waals surface area (Å²) in [6.45, 7) is 0. The highest BCUT2D eigenvalue weighted by atomic mass is 32.1. The Bertz CT molecular complexity index is 579. The molecular weight excluding hydrogens is 248 g/mol. The van der Waals surface area contributed by atoms with Gasteiger partial charge in [-0.25, -0.2) is 0 Å². The van der Waals surface area contributed by atoms with Gasteiger partial charge in [-0.3, -0.25) is 4.68 Å². The SMILES string of the molecule is COc1ccc(C(N)=S)c(Nc2ccn(C)n2)c1. The Labute approximate surface area is 111 Å². The number of hydrogen-bond donors (Lipinski definition) is 2. The molecule has 1 heterocycles. The van der Waals surface area contributed by atoms with Gasteiger partial charge < -0.3 is 15.8 Å². The zero-order chi connectivity index (χ0) is 13.1.